The van der Waals surface area contributed by atoms with Gasteiger partial charge in [0.15, 0.2) is 11.4 Å². The highest BCUT2D eigenvalue weighted by Crippen LogP contribution is 2.44. The van der Waals surface area contributed by atoms with E-state index < -0.39 is 81.8 Å². The molecule has 2 amide bonds. The highest BCUT2D eigenvalue weighted by atomic mass is 19.1. The maximum Gasteiger partial charge on any atom is 0.412 e. The second kappa shape index (κ2) is 19.5. The van der Waals surface area contributed by atoms with Crippen LogP contribution in [0, 0.1) is 35.6 Å². The molecule has 7 aromatic rings. The smallest absolute Gasteiger partial charge is 0.412 e. The number of fused-ring (bicyclic) bond motifs is 8. The number of aliphatic hydroxyl groups is 1. The first kappa shape index (κ1) is 53.0. The van der Waals surface area contributed by atoms with Crippen molar-refractivity contribution in [2.45, 2.75) is 89.1 Å². The number of nitrogen functional groups attached to an aromatic ring is 1. The molecule has 0 saturated carbocycles. The first-order chi connectivity index (χ1) is 38.7. The largest absolute Gasteiger partial charge is 0.461 e. The van der Waals surface area contributed by atoms with Crippen molar-refractivity contribution in [2.24, 2.45) is 0 Å². The molecule has 5 aliphatic heterocycles. The number of pyridine rings is 2. The van der Waals surface area contributed by atoms with Gasteiger partial charge in [-0.1, -0.05) is 25.5 Å². The molecule has 22 heteroatoms. The maximum absolute atomic E-state index is 17.4. The summed E-state index contributed by atoms with van der Waals surface area (Å²) in [6.45, 7) is 9.57. The molecule has 12 rings (SSSR count). The molecule has 4 aromatic carbocycles. The number of halogens is 5. The topological polar surface area (TPSA) is 208 Å². The van der Waals surface area contributed by atoms with Gasteiger partial charge in [-0.2, -0.15) is 9.97 Å². The molecule has 17 nitrogen and oxygen atoms in total. The zero-order valence-corrected chi connectivity index (χ0v) is 44.1. The van der Waals surface area contributed by atoms with E-state index in [2.05, 4.69) is 27.8 Å². The predicted octanol–water partition coefficient (Wildman–Crippen LogP) is 8.15. The Morgan fingerprint density at radius 1 is 1.01 bits per heavy atom. The van der Waals surface area contributed by atoms with E-state index in [1.807, 2.05) is 4.90 Å². The molecule has 416 valence electrons. The molecule has 0 unspecified atom stereocenters. The first-order valence-corrected chi connectivity index (χ1v) is 26.4. The number of benzene rings is 4. The summed E-state index contributed by atoms with van der Waals surface area (Å²) in [5.74, 6) is -2.88. The SMILES string of the molecule is C#Cc1c(F)ccc2cc(N)cc(-c3c(F)cc4c(N5CCN(C(=O)C(=C)[C@@H](C)OC(=O)Nc6cc7cc8c(nc7cc6F)-c6cc7c(c(=O)n6C8)COC(=O)[C@]7(O)CC)C[C@@H]5C)nc(OC[C@@]56CCCN5C[C@H](F)C6)nc4c3F)c12. The number of piperazine rings is 1. The van der Waals surface area contributed by atoms with E-state index >= 15 is 17.6 Å². The summed E-state index contributed by atoms with van der Waals surface area (Å²) in [6.07, 6.45) is 4.02. The summed E-state index contributed by atoms with van der Waals surface area (Å²) in [5, 5.41) is 14.4. The molecule has 5 atom stereocenters. The number of nitrogens with zero attached hydrogens (tertiary/aromatic N) is 7. The van der Waals surface area contributed by atoms with Crippen LogP contribution in [0.25, 0.3) is 55.1 Å². The number of amides is 2. The number of anilines is 3. The molecule has 4 N–H and O–H groups in total. The number of hydrogen-bond donors (Lipinski definition) is 3. The number of nitrogens with two attached hydrogens (primary N) is 1. The summed E-state index contributed by atoms with van der Waals surface area (Å²) < 4.78 is 98.4. The standard InChI is InChI=1S/C59H52F5N9O8/c1-6-36-41(61)10-9-31-16-35(65)18-37(47(31)36)48-43(63)19-38-51(49(48)64)68-56(80-27-58-11-8-12-71(58)25-34(60)22-58)69-52(38)72-14-13-70(23-28(72)3)53(74)29(4)30(5)81-57(77)67-45-17-32-15-33-24-73-46(50(33)66-44(32)21-42(45)62)20-40-39(54(73)75)26-79-55(76)59(40,78)7-2/h1,9-10,15-21,28,30,34,78H,4,7-8,11-14,22-27,65H2,2-3,5H3,(H,67,77)/t28-,30+,34+,58-,59-/m0/s1. The Kier molecular flexibility index (Phi) is 12.8. The van der Waals surface area contributed by atoms with Crippen LogP contribution in [0.2, 0.25) is 0 Å². The van der Waals surface area contributed by atoms with Crippen LogP contribution in [0.15, 0.2) is 71.5 Å². The average Bonchev–Trinajstić information content (AvgIpc) is 4.34. The molecule has 3 fully saturated rings. The van der Waals surface area contributed by atoms with Gasteiger partial charge in [0.1, 0.15) is 54.3 Å². The van der Waals surface area contributed by atoms with Gasteiger partial charge < -0.3 is 39.4 Å². The Labute approximate surface area is 459 Å². The van der Waals surface area contributed by atoms with E-state index in [9.17, 15) is 28.7 Å². The zero-order chi connectivity index (χ0) is 57.1. The van der Waals surface area contributed by atoms with Crippen molar-refractivity contribution in [1.29, 1.82) is 0 Å². The van der Waals surface area contributed by atoms with Crippen LogP contribution in [0.4, 0.5) is 43.9 Å². The summed E-state index contributed by atoms with van der Waals surface area (Å²) in [7, 11) is 0. The molecular formula is C59H52F5N9O8. The van der Waals surface area contributed by atoms with Crippen molar-refractivity contribution in [3.05, 3.63) is 123 Å². The van der Waals surface area contributed by atoms with Crippen LogP contribution < -0.4 is 26.2 Å². The minimum atomic E-state index is -2.03. The van der Waals surface area contributed by atoms with Crippen molar-refractivity contribution in [2.75, 3.05) is 55.3 Å². The summed E-state index contributed by atoms with van der Waals surface area (Å²) in [4.78, 5) is 72.8. The molecular weight excluding hydrogens is 1060 g/mol. The quantitative estimate of drug-likeness (QED) is 0.0389. The fourth-order valence-electron chi connectivity index (χ4n) is 12.4. The van der Waals surface area contributed by atoms with Gasteiger partial charge in [0.25, 0.3) is 11.5 Å². The molecule has 3 aromatic heterocycles. The Balaban J connectivity index is 0.772. The van der Waals surface area contributed by atoms with Gasteiger partial charge in [0, 0.05) is 77.7 Å². The number of carbonyl (C=O) groups excluding carboxylic acids is 3. The lowest BCUT2D eigenvalue weighted by molar-refractivity contribution is -0.172. The summed E-state index contributed by atoms with van der Waals surface area (Å²) in [5.41, 5.74) is 3.38. The van der Waals surface area contributed by atoms with E-state index in [0.29, 0.717) is 40.7 Å². The lowest BCUT2D eigenvalue weighted by Crippen LogP contribution is -2.54. The first-order valence-electron chi connectivity index (χ1n) is 26.4. The molecule has 3 saturated heterocycles. The monoisotopic (exact) mass is 1110 g/mol. The highest BCUT2D eigenvalue weighted by Gasteiger charge is 2.50. The number of hydrogen-bond acceptors (Lipinski definition) is 14. The third kappa shape index (κ3) is 8.63. The number of esters is 1. The average molecular weight is 1110 g/mol. The molecule has 81 heavy (non-hydrogen) atoms. The molecule has 0 aliphatic carbocycles. The number of ether oxygens (including phenoxy) is 3. The van der Waals surface area contributed by atoms with Gasteiger partial charge in [-0.3, -0.25) is 19.8 Å². The third-order valence-electron chi connectivity index (χ3n) is 16.6. The van der Waals surface area contributed by atoms with Gasteiger partial charge in [-0.15, -0.1) is 6.42 Å². The summed E-state index contributed by atoms with van der Waals surface area (Å²) in [6, 6.07) is 11.3. The van der Waals surface area contributed by atoms with E-state index in [4.69, 9.17) is 31.4 Å². The Bertz CT molecular complexity index is 4040. The van der Waals surface area contributed by atoms with E-state index in [-0.39, 0.29) is 132 Å². The van der Waals surface area contributed by atoms with Crippen molar-refractivity contribution in [1.82, 2.24) is 29.3 Å². The Morgan fingerprint density at radius 2 is 1.81 bits per heavy atom. The van der Waals surface area contributed by atoms with Crippen LogP contribution in [0.1, 0.15) is 68.7 Å². The minimum absolute atomic E-state index is 0.00942. The van der Waals surface area contributed by atoms with Gasteiger partial charge in [0.2, 0.25) is 0 Å². The van der Waals surface area contributed by atoms with Crippen LogP contribution >= 0.6 is 0 Å². The van der Waals surface area contributed by atoms with E-state index in [1.165, 1.54) is 40.7 Å². The number of terminal acetylenes is 1. The molecule has 5 aliphatic rings. The Hall–Kier alpha value is -8.68. The number of alkyl halides is 1. The van der Waals surface area contributed by atoms with E-state index in [1.54, 1.807) is 30.9 Å². The van der Waals surface area contributed by atoms with Gasteiger partial charge in [-0.25, -0.2) is 36.5 Å². The van der Waals surface area contributed by atoms with Crippen LogP contribution in [0.3, 0.4) is 0 Å². The number of rotatable bonds is 10. The fraction of sp³-hybridized carbons (Fsp3) is 0.339. The maximum atomic E-state index is 17.4. The number of nitrogens with one attached hydrogen (secondary N) is 1. The lowest BCUT2D eigenvalue weighted by Gasteiger charge is -2.41. The van der Waals surface area contributed by atoms with Crippen LogP contribution in [-0.4, -0.2) is 116 Å². The normalized spacial score (nSPS) is 21.6. The van der Waals surface area contributed by atoms with Crippen molar-refractivity contribution >= 4 is 67.7 Å². The fourth-order valence-corrected chi connectivity index (χ4v) is 12.4. The van der Waals surface area contributed by atoms with Gasteiger partial charge in [0.05, 0.1) is 56.9 Å². The molecule has 0 spiro atoms. The van der Waals surface area contributed by atoms with Gasteiger partial charge in [-0.05, 0) is 93.1 Å². The van der Waals surface area contributed by atoms with Crippen LogP contribution in [0.5, 0.6) is 6.01 Å². The lowest BCUT2D eigenvalue weighted by atomic mass is 9.86. The second-order valence-corrected chi connectivity index (χ2v) is 21.5. The van der Waals surface area contributed by atoms with Crippen LogP contribution in [-0.2, 0) is 37.8 Å². The second-order valence-electron chi connectivity index (χ2n) is 21.5. The highest BCUT2D eigenvalue weighted by molar-refractivity contribution is 6.05. The third-order valence-corrected chi connectivity index (χ3v) is 16.6. The number of carbonyl (C=O) groups is 3. The Morgan fingerprint density at radius 3 is 2.58 bits per heavy atom. The predicted molar refractivity (Wildman–Crippen MR) is 290 cm³/mol. The van der Waals surface area contributed by atoms with E-state index in [0.717, 1.165) is 24.6 Å². The van der Waals surface area contributed by atoms with Crippen molar-refractivity contribution in [3.8, 4) is 40.9 Å². The molecule has 8 heterocycles. The van der Waals surface area contributed by atoms with Gasteiger partial charge >= 0.3 is 18.1 Å². The van der Waals surface area contributed by atoms with Crippen molar-refractivity contribution < 1.29 is 55.7 Å². The molecule has 0 radical (unpaired) electrons. The zero-order valence-electron chi connectivity index (χ0n) is 44.1. The minimum Gasteiger partial charge on any atom is -0.461 e. The number of aromatic nitrogens is 4. The molecule has 0 bridgehead atoms. The number of cyclic esters (lactones) is 1. The van der Waals surface area contributed by atoms with Crippen molar-refractivity contribution in [3.63, 3.8) is 0 Å². The summed E-state index contributed by atoms with van der Waals surface area (Å²) >= 11 is 0.